The van der Waals surface area contributed by atoms with E-state index in [1.807, 2.05) is 21.1 Å². The number of carbonyl (C=O) groups is 3. The van der Waals surface area contributed by atoms with Crippen LogP contribution in [0.2, 0.25) is 0 Å². The Labute approximate surface area is 432 Å². The quantitative estimate of drug-likeness (QED) is 0.0195. The zero-order valence-corrected chi connectivity index (χ0v) is 46.4. The number of carboxylic acid groups (broad SMARTS) is 1. The van der Waals surface area contributed by atoms with Gasteiger partial charge >= 0.3 is 11.9 Å². The van der Waals surface area contributed by atoms with E-state index >= 15 is 0 Å². The summed E-state index contributed by atoms with van der Waals surface area (Å²) in [6.45, 7) is 4.70. The molecule has 408 valence electrons. The summed E-state index contributed by atoms with van der Waals surface area (Å²) in [6.07, 6.45) is 61.7. The van der Waals surface area contributed by atoms with Gasteiger partial charge in [0.25, 0.3) is 0 Å². The van der Waals surface area contributed by atoms with E-state index in [0.29, 0.717) is 17.4 Å². The highest BCUT2D eigenvalue weighted by Gasteiger charge is 2.22. The lowest BCUT2D eigenvalue weighted by Gasteiger charge is -2.26. The number of unbranched alkanes of at least 4 members (excludes halogenated alkanes) is 31. The Bertz CT molecular complexity index is 1290. The normalized spacial score (nSPS) is 13.1. The smallest absolute Gasteiger partial charge is 0.306 e. The molecule has 0 amide bonds. The van der Waals surface area contributed by atoms with Gasteiger partial charge in [-0.1, -0.05) is 229 Å². The molecule has 0 heterocycles. The number of carboxylic acids is 1. The molecule has 0 N–H and O–H groups in total. The predicted molar refractivity (Wildman–Crippen MR) is 292 cm³/mol. The molecule has 0 saturated carbocycles. The summed E-state index contributed by atoms with van der Waals surface area (Å²) in [5.74, 6) is -2.29. The van der Waals surface area contributed by atoms with Crippen molar-refractivity contribution in [2.45, 2.75) is 277 Å². The van der Waals surface area contributed by atoms with Crippen molar-refractivity contribution >= 4 is 17.9 Å². The van der Waals surface area contributed by atoms with Crippen LogP contribution in [0.4, 0.5) is 0 Å². The average Bonchev–Trinajstić information content (AvgIpc) is 3.33. The van der Waals surface area contributed by atoms with Crippen molar-refractivity contribution < 1.29 is 42.9 Å². The van der Waals surface area contributed by atoms with Crippen LogP contribution in [0.15, 0.2) is 48.6 Å². The summed E-state index contributed by atoms with van der Waals surface area (Å²) in [7, 11) is 5.92. The number of rotatable bonds is 54. The van der Waals surface area contributed by atoms with Crippen LogP contribution in [0.1, 0.15) is 264 Å². The van der Waals surface area contributed by atoms with E-state index in [1.54, 1.807) is 0 Å². The molecule has 9 nitrogen and oxygen atoms in total. The Morgan fingerprint density at radius 1 is 0.429 bits per heavy atom. The lowest BCUT2D eigenvalue weighted by Crippen LogP contribution is -2.44. The van der Waals surface area contributed by atoms with Gasteiger partial charge in [0.05, 0.1) is 40.3 Å². The van der Waals surface area contributed by atoms with Crippen LogP contribution in [0.3, 0.4) is 0 Å². The van der Waals surface area contributed by atoms with Crippen molar-refractivity contribution in [3.8, 4) is 0 Å². The minimum absolute atomic E-state index is 0.146. The molecular weight excluding hydrogens is 875 g/mol. The number of hydrogen-bond donors (Lipinski definition) is 0. The molecule has 9 heteroatoms. The Hall–Kier alpha value is -2.75. The fourth-order valence-electron chi connectivity index (χ4n) is 8.23. The molecule has 0 saturated heterocycles. The maximum atomic E-state index is 12.8. The van der Waals surface area contributed by atoms with E-state index < -0.39 is 24.3 Å². The second-order valence-electron chi connectivity index (χ2n) is 20.9. The zero-order chi connectivity index (χ0) is 51.3. The monoisotopic (exact) mass is 986 g/mol. The standard InChI is InChI=1S/C61H111NO8/c1-6-8-10-12-14-16-18-20-22-23-24-25-26-27-28-29-30-31-32-33-34-35-36-37-38-40-42-44-46-48-50-52-59(64)70-57(56-69-61(60(65)66)67-54-53-62(3,4)5)55-68-58(63)51-49-47-45-43-41-39-21-19-17-15-13-11-9-7-2/h13,15,18-21,23-24,57,61H,6-12,14,16-17,22,25-56H2,1-5H3/b15-13-,20-18-,21-19-,24-23-. The van der Waals surface area contributed by atoms with Crippen molar-refractivity contribution in [3.63, 3.8) is 0 Å². The first-order valence-electron chi connectivity index (χ1n) is 29.3. The molecule has 0 aliphatic heterocycles. The van der Waals surface area contributed by atoms with Crippen molar-refractivity contribution in [1.29, 1.82) is 0 Å². The first kappa shape index (κ1) is 67.2. The molecule has 0 spiro atoms. The molecule has 2 atom stereocenters. The van der Waals surface area contributed by atoms with E-state index in [0.717, 1.165) is 70.6 Å². The Balaban J connectivity index is 4.11. The topological polar surface area (TPSA) is 111 Å². The van der Waals surface area contributed by atoms with E-state index in [2.05, 4.69) is 62.5 Å². The SMILES string of the molecule is CCCC/C=C\C/C=C\CCCCCCCC(=O)OCC(COC(OCC[N+](C)(C)C)C(=O)[O-])OC(=O)CCCCCCCCCCCCCCCCCCCCC/C=C\C/C=C\CCCCCCC. The van der Waals surface area contributed by atoms with E-state index in [-0.39, 0.29) is 38.6 Å². The number of ether oxygens (including phenoxy) is 4. The van der Waals surface area contributed by atoms with E-state index in [4.69, 9.17) is 18.9 Å². The van der Waals surface area contributed by atoms with Gasteiger partial charge in [0.2, 0.25) is 0 Å². The van der Waals surface area contributed by atoms with Crippen LogP contribution >= 0.6 is 0 Å². The highest BCUT2D eigenvalue weighted by Crippen LogP contribution is 2.17. The molecule has 2 unspecified atom stereocenters. The third-order valence-electron chi connectivity index (χ3n) is 12.8. The first-order chi connectivity index (χ1) is 34.1. The number of nitrogens with zero attached hydrogens (tertiary/aromatic N) is 1. The Morgan fingerprint density at radius 2 is 0.786 bits per heavy atom. The van der Waals surface area contributed by atoms with Crippen molar-refractivity contribution in [3.05, 3.63) is 48.6 Å². The second kappa shape index (κ2) is 52.6. The van der Waals surface area contributed by atoms with Gasteiger partial charge in [0.15, 0.2) is 12.4 Å². The number of hydrogen-bond acceptors (Lipinski definition) is 8. The highest BCUT2D eigenvalue weighted by atomic mass is 16.7. The summed E-state index contributed by atoms with van der Waals surface area (Å²) in [5, 5.41) is 11.8. The zero-order valence-electron chi connectivity index (χ0n) is 46.4. The molecule has 0 rings (SSSR count). The van der Waals surface area contributed by atoms with Crippen LogP contribution in [0.5, 0.6) is 0 Å². The van der Waals surface area contributed by atoms with Gasteiger partial charge in [-0.15, -0.1) is 0 Å². The second-order valence-corrected chi connectivity index (χ2v) is 20.9. The largest absolute Gasteiger partial charge is 0.545 e. The van der Waals surface area contributed by atoms with Gasteiger partial charge in [0.1, 0.15) is 13.2 Å². The summed E-state index contributed by atoms with van der Waals surface area (Å²) in [5.41, 5.74) is 0. The van der Waals surface area contributed by atoms with E-state index in [9.17, 15) is 19.5 Å². The van der Waals surface area contributed by atoms with Gasteiger partial charge in [-0.05, 0) is 70.6 Å². The van der Waals surface area contributed by atoms with Gasteiger partial charge in [-0.25, -0.2) is 0 Å². The van der Waals surface area contributed by atoms with Crippen molar-refractivity contribution in [1.82, 2.24) is 0 Å². The lowest BCUT2D eigenvalue weighted by molar-refractivity contribution is -0.870. The van der Waals surface area contributed by atoms with Crippen molar-refractivity contribution in [2.24, 2.45) is 0 Å². The highest BCUT2D eigenvalue weighted by molar-refractivity contribution is 5.70. The fourth-order valence-corrected chi connectivity index (χ4v) is 8.23. The van der Waals surface area contributed by atoms with Crippen molar-refractivity contribution in [2.75, 3.05) is 47.5 Å². The van der Waals surface area contributed by atoms with Crippen LogP contribution < -0.4 is 5.11 Å². The van der Waals surface area contributed by atoms with Crippen LogP contribution in [-0.2, 0) is 33.3 Å². The number of esters is 2. The molecule has 0 aromatic carbocycles. The Morgan fingerprint density at radius 3 is 1.17 bits per heavy atom. The third kappa shape index (κ3) is 53.1. The lowest BCUT2D eigenvalue weighted by atomic mass is 10.0. The average molecular weight is 987 g/mol. The minimum atomic E-state index is -1.62. The van der Waals surface area contributed by atoms with Gasteiger partial charge in [-0.3, -0.25) is 9.59 Å². The summed E-state index contributed by atoms with van der Waals surface area (Å²) < 4.78 is 22.7. The van der Waals surface area contributed by atoms with Crippen LogP contribution in [0.25, 0.3) is 0 Å². The molecule has 0 aliphatic rings. The first-order valence-corrected chi connectivity index (χ1v) is 29.3. The number of quaternary nitrogens is 1. The molecule has 0 fully saturated rings. The molecule has 0 aromatic heterocycles. The summed E-state index contributed by atoms with van der Waals surface area (Å²) in [6, 6.07) is 0. The van der Waals surface area contributed by atoms with Crippen LogP contribution in [-0.4, -0.2) is 82.3 Å². The predicted octanol–water partition coefficient (Wildman–Crippen LogP) is 15.7. The van der Waals surface area contributed by atoms with E-state index in [1.165, 1.54) is 161 Å². The number of carbonyl (C=O) groups excluding carboxylic acids is 3. The molecular formula is C61H111NO8. The number of aliphatic carboxylic acids is 1. The minimum Gasteiger partial charge on any atom is -0.545 e. The summed E-state index contributed by atoms with van der Waals surface area (Å²) in [4.78, 5) is 37.2. The Kier molecular flexibility index (Phi) is 50.5. The molecule has 0 aliphatic carbocycles. The van der Waals surface area contributed by atoms with Crippen LogP contribution in [0, 0.1) is 0 Å². The number of allylic oxidation sites excluding steroid dienone is 8. The number of likely N-dealkylation sites (N-methyl/N-ethyl adjacent to an activating group) is 1. The van der Waals surface area contributed by atoms with Gasteiger partial charge in [-0.2, -0.15) is 0 Å². The molecule has 0 radical (unpaired) electrons. The molecule has 0 bridgehead atoms. The fraction of sp³-hybridized carbons (Fsp3) is 0.820. The van der Waals surface area contributed by atoms with Gasteiger partial charge in [0, 0.05) is 12.8 Å². The van der Waals surface area contributed by atoms with Gasteiger partial charge < -0.3 is 33.3 Å². The summed E-state index contributed by atoms with van der Waals surface area (Å²) >= 11 is 0. The maximum absolute atomic E-state index is 12.8. The molecule has 0 aromatic rings. The maximum Gasteiger partial charge on any atom is 0.306 e. The molecule has 70 heavy (non-hydrogen) atoms. The third-order valence-corrected chi connectivity index (χ3v) is 12.8.